The number of thioether (sulfide) groups is 1. The summed E-state index contributed by atoms with van der Waals surface area (Å²) in [6.45, 7) is 4.13. The van der Waals surface area contributed by atoms with Crippen molar-refractivity contribution in [2.24, 2.45) is 0 Å². The Morgan fingerprint density at radius 1 is 1.80 bits per heavy atom. The molecule has 0 aromatic rings. The maximum atomic E-state index is 10.5. The van der Waals surface area contributed by atoms with Gasteiger partial charge in [0, 0.05) is 6.92 Å². The number of hydrogen-bond acceptors (Lipinski definition) is 3. The van der Waals surface area contributed by atoms with Gasteiger partial charge in [0.05, 0.1) is 6.61 Å². The van der Waals surface area contributed by atoms with Gasteiger partial charge >= 0.3 is 0 Å². The second kappa shape index (κ2) is 3.25. The van der Waals surface area contributed by atoms with Crippen molar-refractivity contribution in [2.75, 3.05) is 6.61 Å². The standard InChI is InChI=1S/C6H11NO2S/c1-4(8)7-6-3-9-5(2)10-6/h5-6H,3H2,1-2H3,(H,7,8). The third kappa shape index (κ3) is 2.19. The summed E-state index contributed by atoms with van der Waals surface area (Å²) in [6.07, 6.45) is 0. The minimum atomic E-state index is 0.00944. The highest BCUT2D eigenvalue weighted by molar-refractivity contribution is 8.00. The molecule has 2 unspecified atom stereocenters. The Bertz CT molecular complexity index is 140. The smallest absolute Gasteiger partial charge is 0.217 e. The van der Waals surface area contributed by atoms with E-state index in [2.05, 4.69) is 5.32 Å². The first-order valence-corrected chi connectivity index (χ1v) is 4.17. The molecule has 1 heterocycles. The Kier molecular flexibility index (Phi) is 2.56. The maximum Gasteiger partial charge on any atom is 0.217 e. The maximum absolute atomic E-state index is 10.5. The predicted molar refractivity (Wildman–Crippen MR) is 40.6 cm³/mol. The van der Waals surface area contributed by atoms with Gasteiger partial charge in [0.15, 0.2) is 0 Å². The predicted octanol–water partition coefficient (Wildman–Crippen LogP) is 0.558. The van der Waals surface area contributed by atoms with E-state index in [1.165, 1.54) is 6.92 Å². The summed E-state index contributed by atoms with van der Waals surface area (Å²) < 4.78 is 5.21. The largest absolute Gasteiger partial charge is 0.365 e. The van der Waals surface area contributed by atoms with E-state index in [1.807, 2.05) is 6.92 Å². The molecular formula is C6H11NO2S. The van der Waals surface area contributed by atoms with Crippen LogP contribution in [-0.2, 0) is 9.53 Å². The average molecular weight is 161 g/mol. The normalized spacial score (nSPS) is 32.2. The van der Waals surface area contributed by atoms with Gasteiger partial charge in [-0.05, 0) is 6.92 Å². The molecule has 0 saturated carbocycles. The molecule has 1 fully saturated rings. The highest BCUT2D eigenvalue weighted by Crippen LogP contribution is 2.24. The fraction of sp³-hybridized carbons (Fsp3) is 0.833. The van der Waals surface area contributed by atoms with Crippen molar-refractivity contribution in [1.29, 1.82) is 0 Å². The van der Waals surface area contributed by atoms with Crippen molar-refractivity contribution >= 4 is 17.7 Å². The molecule has 4 heteroatoms. The summed E-state index contributed by atoms with van der Waals surface area (Å²) in [4.78, 5) is 10.5. The van der Waals surface area contributed by atoms with Gasteiger partial charge in [0.2, 0.25) is 5.91 Å². The van der Waals surface area contributed by atoms with Crippen molar-refractivity contribution in [3.63, 3.8) is 0 Å². The minimum Gasteiger partial charge on any atom is -0.365 e. The monoisotopic (exact) mass is 161 g/mol. The average Bonchev–Trinajstić information content (AvgIpc) is 2.13. The molecule has 0 aromatic carbocycles. The molecule has 1 aliphatic heterocycles. The highest BCUT2D eigenvalue weighted by Gasteiger charge is 2.22. The molecule has 1 rings (SSSR count). The lowest BCUT2D eigenvalue weighted by Crippen LogP contribution is -2.30. The number of carbonyl (C=O) groups is 1. The molecule has 0 aromatic heterocycles. The van der Waals surface area contributed by atoms with Gasteiger partial charge in [-0.2, -0.15) is 0 Å². The lowest BCUT2D eigenvalue weighted by molar-refractivity contribution is -0.119. The van der Waals surface area contributed by atoms with Crippen LogP contribution in [0.2, 0.25) is 0 Å². The first-order valence-electron chi connectivity index (χ1n) is 3.22. The molecule has 3 nitrogen and oxygen atoms in total. The summed E-state index contributed by atoms with van der Waals surface area (Å²) in [5.41, 5.74) is 0.219. The summed E-state index contributed by atoms with van der Waals surface area (Å²) >= 11 is 1.64. The van der Waals surface area contributed by atoms with Crippen LogP contribution < -0.4 is 5.32 Å². The van der Waals surface area contributed by atoms with Gasteiger partial charge in [-0.1, -0.05) is 0 Å². The van der Waals surface area contributed by atoms with E-state index in [4.69, 9.17) is 4.74 Å². The first-order chi connectivity index (χ1) is 4.68. The molecule has 58 valence electrons. The zero-order valence-electron chi connectivity index (χ0n) is 6.09. The molecule has 10 heavy (non-hydrogen) atoms. The van der Waals surface area contributed by atoms with Gasteiger partial charge < -0.3 is 10.1 Å². The van der Waals surface area contributed by atoms with Crippen LogP contribution in [0.25, 0.3) is 0 Å². The molecule has 1 aliphatic rings. The van der Waals surface area contributed by atoms with Crippen LogP contribution in [0, 0.1) is 0 Å². The van der Waals surface area contributed by atoms with Crippen molar-refractivity contribution < 1.29 is 9.53 Å². The van der Waals surface area contributed by atoms with E-state index in [9.17, 15) is 4.79 Å². The summed E-state index contributed by atoms with van der Waals surface area (Å²) in [6, 6.07) is 0. The highest BCUT2D eigenvalue weighted by atomic mass is 32.2. The molecule has 1 amide bonds. The number of ether oxygens (including phenoxy) is 1. The molecule has 2 atom stereocenters. The van der Waals surface area contributed by atoms with Gasteiger partial charge in [-0.25, -0.2) is 0 Å². The number of rotatable bonds is 1. The zero-order chi connectivity index (χ0) is 7.56. The Morgan fingerprint density at radius 3 is 2.90 bits per heavy atom. The Balaban J connectivity index is 2.24. The molecule has 1 N–H and O–H groups in total. The lowest BCUT2D eigenvalue weighted by atomic mass is 10.6. The van der Waals surface area contributed by atoms with E-state index < -0.39 is 0 Å². The first kappa shape index (κ1) is 7.88. The molecule has 1 saturated heterocycles. The summed E-state index contributed by atoms with van der Waals surface area (Å²) in [5.74, 6) is 0.00944. The summed E-state index contributed by atoms with van der Waals surface area (Å²) in [7, 11) is 0. The minimum absolute atomic E-state index is 0.00944. The van der Waals surface area contributed by atoms with E-state index in [1.54, 1.807) is 11.8 Å². The molecule has 0 aliphatic carbocycles. The third-order valence-electron chi connectivity index (χ3n) is 1.20. The van der Waals surface area contributed by atoms with Crippen molar-refractivity contribution in [3.05, 3.63) is 0 Å². The second-order valence-electron chi connectivity index (χ2n) is 2.23. The quantitative estimate of drug-likeness (QED) is 0.610. The molecule has 0 radical (unpaired) electrons. The van der Waals surface area contributed by atoms with Crippen LogP contribution >= 0.6 is 11.8 Å². The van der Waals surface area contributed by atoms with Crippen molar-refractivity contribution in [2.45, 2.75) is 24.7 Å². The zero-order valence-corrected chi connectivity index (χ0v) is 6.90. The van der Waals surface area contributed by atoms with Crippen LogP contribution in [0.15, 0.2) is 0 Å². The van der Waals surface area contributed by atoms with Crippen LogP contribution in [0.3, 0.4) is 0 Å². The SMILES string of the molecule is CC(=O)NC1COC(C)S1. The number of hydrogen-bond donors (Lipinski definition) is 1. The number of nitrogens with one attached hydrogen (secondary N) is 1. The van der Waals surface area contributed by atoms with Gasteiger partial charge in [0.1, 0.15) is 10.8 Å². The van der Waals surface area contributed by atoms with E-state index in [0.717, 1.165) is 0 Å². The molecule has 0 bridgehead atoms. The van der Waals surface area contributed by atoms with E-state index >= 15 is 0 Å². The summed E-state index contributed by atoms with van der Waals surface area (Å²) in [5, 5.41) is 2.93. The van der Waals surface area contributed by atoms with Gasteiger partial charge in [-0.15, -0.1) is 11.8 Å². The van der Waals surface area contributed by atoms with E-state index in [0.29, 0.717) is 6.61 Å². The third-order valence-corrected chi connectivity index (χ3v) is 2.30. The van der Waals surface area contributed by atoms with Crippen LogP contribution in [0.1, 0.15) is 13.8 Å². The molecule has 0 spiro atoms. The fourth-order valence-corrected chi connectivity index (χ4v) is 1.85. The van der Waals surface area contributed by atoms with E-state index in [-0.39, 0.29) is 16.7 Å². The second-order valence-corrected chi connectivity index (χ2v) is 3.73. The van der Waals surface area contributed by atoms with Crippen molar-refractivity contribution in [3.8, 4) is 0 Å². The Labute approximate surface area is 64.5 Å². The number of carbonyl (C=O) groups excluding carboxylic acids is 1. The fourth-order valence-electron chi connectivity index (χ4n) is 0.835. The van der Waals surface area contributed by atoms with Crippen LogP contribution in [0.5, 0.6) is 0 Å². The Morgan fingerprint density at radius 2 is 2.50 bits per heavy atom. The van der Waals surface area contributed by atoms with Crippen molar-refractivity contribution in [1.82, 2.24) is 5.32 Å². The topological polar surface area (TPSA) is 38.3 Å². The lowest BCUT2D eigenvalue weighted by Gasteiger charge is -2.06. The van der Waals surface area contributed by atoms with Gasteiger partial charge in [-0.3, -0.25) is 4.79 Å². The van der Waals surface area contributed by atoms with Crippen LogP contribution in [-0.4, -0.2) is 23.3 Å². The van der Waals surface area contributed by atoms with Crippen LogP contribution in [0.4, 0.5) is 0 Å². The molecular weight excluding hydrogens is 150 g/mol. The Hall–Kier alpha value is -0.220. The number of amides is 1. The van der Waals surface area contributed by atoms with Gasteiger partial charge in [0.25, 0.3) is 0 Å².